The van der Waals surface area contributed by atoms with Gasteiger partial charge < -0.3 is 23.9 Å². The Hall–Kier alpha value is -0.283. The minimum absolute atomic E-state index is 0.684. The summed E-state index contributed by atoms with van der Waals surface area (Å²) in [6.07, 6.45) is 0.684. The van der Waals surface area contributed by atoms with E-state index >= 15 is 0 Å². The number of hydrogen-bond donors (Lipinski definition) is 3. The van der Waals surface area contributed by atoms with E-state index in [1.807, 2.05) is 0 Å². The summed E-state index contributed by atoms with van der Waals surface area (Å²) in [5.41, 5.74) is 0. The van der Waals surface area contributed by atoms with E-state index in [0.717, 1.165) is 14.2 Å². The maximum absolute atomic E-state index is 9.20. The van der Waals surface area contributed by atoms with Gasteiger partial charge in [0, 0.05) is 14.2 Å². The molecule has 0 saturated heterocycles. The first-order chi connectivity index (χ1) is 5.39. The average molecular weight is 196 g/mol. The Morgan fingerprint density at radius 2 is 1.75 bits per heavy atom. The van der Waals surface area contributed by atoms with Gasteiger partial charge in [-0.15, -0.1) is 0 Å². The Bertz CT molecular complexity index is 154. The Morgan fingerprint density at radius 3 is 2.00 bits per heavy atom. The van der Waals surface area contributed by atoms with Crippen molar-refractivity contribution in [3.05, 3.63) is 12.7 Å². The van der Waals surface area contributed by atoms with Gasteiger partial charge in [-0.3, -0.25) is 4.43 Å². The van der Waals surface area contributed by atoms with Crippen LogP contribution in [0.25, 0.3) is 0 Å². The summed E-state index contributed by atoms with van der Waals surface area (Å²) in [6, 6.07) is 0. The number of aliphatic hydroxyl groups is 2. The topological polar surface area (TPSA) is 88.4 Å². The van der Waals surface area contributed by atoms with Gasteiger partial charge in [0.2, 0.25) is 0 Å². The maximum Gasteiger partial charge on any atom is 0.680 e. The molecule has 0 spiro atoms. The fourth-order valence-electron chi connectivity index (χ4n) is 0.398. The van der Waals surface area contributed by atoms with Gasteiger partial charge in [0.05, 0.1) is 0 Å². The SMILES string of the molecule is C=CC(O)(O)O[Si](O)(OC)OC. The van der Waals surface area contributed by atoms with Crippen LogP contribution in [-0.2, 0) is 13.3 Å². The first kappa shape index (κ1) is 11.7. The predicted octanol–water partition coefficient (Wildman–Crippen LogP) is -1.45. The number of hydrogen-bond acceptors (Lipinski definition) is 6. The van der Waals surface area contributed by atoms with E-state index in [4.69, 9.17) is 10.2 Å². The lowest BCUT2D eigenvalue weighted by molar-refractivity contribution is -0.284. The summed E-state index contributed by atoms with van der Waals surface area (Å²) in [4.78, 5) is 9.20. The minimum Gasteiger partial charge on any atom is -0.367 e. The minimum atomic E-state index is -3.92. The highest BCUT2D eigenvalue weighted by molar-refractivity contribution is 6.51. The van der Waals surface area contributed by atoms with E-state index in [0.29, 0.717) is 6.08 Å². The molecule has 0 bridgehead atoms. The molecule has 12 heavy (non-hydrogen) atoms. The molecule has 0 aliphatic carbocycles. The largest absolute Gasteiger partial charge is 0.680 e. The molecular formula is C5H12O6Si. The van der Waals surface area contributed by atoms with Crippen molar-refractivity contribution in [1.29, 1.82) is 0 Å². The van der Waals surface area contributed by atoms with Crippen LogP contribution in [-0.4, -0.2) is 44.2 Å². The van der Waals surface area contributed by atoms with Crippen molar-refractivity contribution in [3.8, 4) is 0 Å². The van der Waals surface area contributed by atoms with Crippen LogP contribution in [0.2, 0.25) is 0 Å². The predicted molar refractivity (Wildman–Crippen MR) is 40.4 cm³/mol. The second-order valence-electron chi connectivity index (χ2n) is 1.90. The summed E-state index contributed by atoms with van der Waals surface area (Å²) in [5.74, 6) is -2.65. The van der Waals surface area contributed by atoms with Crippen LogP contribution in [0.15, 0.2) is 12.7 Å². The highest BCUT2D eigenvalue weighted by Gasteiger charge is 2.45. The lowest BCUT2D eigenvalue weighted by Crippen LogP contribution is -2.51. The second-order valence-corrected chi connectivity index (χ2v) is 3.97. The molecule has 6 nitrogen and oxygen atoms in total. The molecule has 0 unspecified atom stereocenters. The van der Waals surface area contributed by atoms with Gasteiger partial charge in [0.25, 0.3) is 5.97 Å². The molecule has 0 aliphatic rings. The molecular weight excluding hydrogens is 184 g/mol. The van der Waals surface area contributed by atoms with Gasteiger partial charge in [-0.05, 0) is 6.08 Å². The van der Waals surface area contributed by atoms with E-state index in [-0.39, 0.29) is 0 Å². The molecule has 0 aliphatic heterocycles. The zero-order chi connectivity index (χ0) is 9.83. The Kier molecular flexibility index (Phi) is 4.00. The third-order valence-corrected chi connectivity index (χ3v) is 2.65. The van der Waals surface area contributed by atoms with Crippen molar-refractivity contribution in [3.63, 3.8) is 0 Å². The standard InChI is InChI=1S/C5H12O6Si/c1-4-5(6,7)11-12(8,9-2)10-3/h4,6-8H,1H2,2-3H3. The summed E-state index contributed by atoms with van der Waals surface area (Å²) >= 11 is 0. The highest BCUT2D eigenvalue weighted by Crippen LogP contribution is 2.12. The average Bonchev–Trinajstić information content (AvgIpc) is 2.04. The summed E-state index contributed by atoms with van der Waals surface area (Å²) in [6.45, 7) is 3.06. The smallest absolute Gasteiger partial charge is 0.367 e. The summed E-state index contributed by atoms with van der Waals surface area (Å²) < 4.78 is 13.1. The molecule has 0 radical (unpaired) electrons. The Labute approximate surface area is 71.1 Å². The van der Waals surface area contributed by atoms with Crippen LogP contribution in [0, 0.1) is 0 Å². The molecule has 0 saturated carbocycles. The molecule has 72 valence electrons. The van der Waals surface area contributed by atoms with Crippen LogP contribution in [0.1, 0.15) is 0 Å². The lowest BCUT2D eigenvalue weighted by atomic mass is 10.6. The molecule has 0 rings (SSSR count). The summed E-state index contributed by atoms with van der Waals surface area (Å²) in [5, 5.41) is 17.7. The third kappa shape index (κ3) is 3.41. The molecule has 3 N–H and O–H groups in total. The van der Waals surface area contributed by atoms with Gasteiger partial charge in [0.1, 0.15) is 0 Å². The van der Waals surface area contributed by atoms with Crippen molar-refractivity contribution >= 4 is 9.05 Å². The maximum atomic E-state index is 9.20. The van der Waals surface area contributed by atoms with Gasteiger partial charge >= 0.3 is 9.05 Å². The Morgan fingerprint density at radius 1 is 1.33 bits per heavy atom. The second kappa shape index (κ2) is 4.10. The Balaban J connectivity index is 4.29. The first-order valence-electron chi connectivity index (χ1n) is 3.00. The van der Waals surface area contributed by atoms with Gasteiger partial charge in [-0.2, -0.15) is 0 Å². The highest BCUT2D eigenvalue weighted by atomic mass is 28.4. The molecule has 0 atom stereocenters. The fourth-order valence-corrected chi connectivity index (χ4v) is 1.19. The van der Waals surface area contributed by atoms with Gasteiger partial charge in [-0.25, -0.2) is 0 Å². The molecule has 7 heteroatoms. The van der Waals surface area contributed by atoms with Crippen molar-refractivity contribution in [2.45, 2.75) is 5.97 Å². The third-order valence-electron chi connectivity index (χ3n) is 1.06. The van der Waals surface area contributed by atoms with Crippen LogP contribution < -0.4 is 0 Å². The van der Waals surface area contributed by atoms with Crippen molar-refractivity contribution in [2.24, 2.45) is 0 Å². The monoisotopic (exact) mass is 196 g/mol. The van der Waals surface area contributed by atoms with Gasteiger partial charge in [-0.1, -0.05) is 6.58 Å². The first-order valence-corrected chi connectivity index (χ1v) is 4.67. The lowest BCUT2D eigenvalue weighted by Gasteiger charge is -2.25. The van der Waals surface area contributed by atoms with E-state index in [2.05, 4.69) is 19.9 Å². The van der Waals surface area contributed by atoms with E-state index < -0.39 is 15.0 Å². The van der Waals surface area contributed by atoms with E-state index in [1.165, 1.54) is 0 Å². The van der Waals surface area contributed by atoms with Crippen molar-refractivity contribution in [2.75, 3.05) is 14.2 Å². The molecule has 0 aromatic carbocycles. The van der Waals surface area contributed by atoms with E-state index in [1.54, 1.807) is 0 Å². The fraction of sp³-hybridized carbons (Fsp3) is 0.600. The molecule has 0 heterocycles. The van der Waals surface area contributed by atoms with Crippen LogP contribution >= 0.6 is 0 Å². The van der Waals surface area contributed by atoms with Crippen molar-refractivity contribution in [1.82, 2.24) is 0 Å². The zero-order valence-electron chi connectivity index (χ0n) is 6.85. The zero-order valence-corrected chi connectivity index (χ0v) is 7.85. The molecule has 0 fully saturated rings. The van der Waals surface area contributed by atoms with Gasteiger partial charge in [0.15, 0.2) is 0 Å². The van der Waals surface area contributed by atoms with E-state index in [9.17, 15) is 4.80 Å². The van der Waals surface area contributed by atoms with Crippen LogP contribution in [0.3, 0.4) is 0 Å². The quantitative estimate of drug-likeness (QED) is 0.283. The van der Waals surface area contributed by atoms with Crippen LogP contribution in [0.4, 0.5) is 0 Å². The van der Waals surface area contributed by atoms with Crippen molar-refractivity contribution < 1.29 is 28.3 Å². The molecule has 0 amide bonds. The summed E-state index contributed by atoms with van der Waals surface area (Å²) in [7, 11) is -1.69. The normalized spacial score (nSPS) is 13.1. The molecule has 0 aromatic heterocycles. The van der Waals surface area contributed by atoms with Crippen LogP contribution in [0.5, 0.6) is 0 Å². The molecule has 0 aromatic rings. The number of rotatable bonds is 5.